The van der Waals surface area contributed by atoms with Gasteiger partial charge in [0.05, 0.1) is 0 Å². The molecule has 2 rings (SSSR count). The summed E-state index contributed by atoms with van der Waals surface area (Å²) in [4.78, 5) is 14.5. The number of nitrogens with two attached hydrogens (primary N) is 1. The van der Waals surface area contributed by atoms with E-state index in [1.807, 2.05) is 24.0 Å². The summed E-state index contributed by atoms with van der Waals surface area (Å²) in [5, 5.41) is 0. The summed E-state index contributed by atoms with van der Waals surface area (Å²) < 4.78 is 0. The summed E-state index contributed by atoms with van der Waals surface area (Å²) in [6.07, 6.45) is 4.77. The molecular weight excluding hydrogens is 248 g/mol. The van der Waals surface area contributed by atoms with Crippen LogP contribution in [0.1, 0.15) is 43.7 Å². The van der Waals surface area contributed by atoms with Gasteiger partial charge in [-0.15, -0.1) is 0 Å². The number of hydrogen-bond acceptors (Lipinski definition) is 2. The van der Waals surface area contributed by atoms with E-state index in [0.29, 0.717) is 6.42 Å². The predicted octanol–water partition coefficient (Wildman–Crippen LogP) is 2.66. The van der Waals surface area contributed by atoms with Gasteiger partial charge in [-0.1, -0.05) is 24.3 Å². The van der Waals surface area contributed by atoms with Gasteiger partial charge < -0.3 is 10.6 Å². The van der Waals surface area contributed by atoms with Gasteiger partial charge in [-0.05, 0) is 50.7 Å². The van der Waals surface area contributed by atoms with Crippen LogP contribution in [-0.4, -0.2) is 29.4 Å². The summed E-state index contributed by atoms with van der Waals surface area (Å²) >= 11 is 0. The van der Waals surface area contributed by atoms with Crippen LogP contribution < -0.4 is 5.73 Å². The standard InChI is InChI=1S/C17H26N2O/c1-13-7-3-4-8-15(13)10-11-17(20)19-12-6-5-9-16(19)14(2)18/h3-4,7-8,14,16H,5-6,9-12,18H2,1-2H3. The maximum absolute atomic E-state index is 12.5. The lowest BCUT2D eigenvalue weighted by molar-refractivity contribution is -0.135. The quantitative estimate of drug-likeness (QED) is 0.917. The van der Waals surface area contributed by atoms with E-state index in [-0.39, 0.29) is 18.0 Å². The molecule has 2 N–H and O–H groups in total. The number of rotatable bonds is 4. The van der Waals surface area contributed by atoms with Gasteiger partial charge in [0.1, 0.15) is 0 Å². The van der Waals surface area contributed by atoms with E-state index in [2.05, 4.69) is 19.1 Å². The van der Waals surface area contributed by atoms with Crippen molar-refractivity contribution in [3.63, 3.8) is 0 Å². The lowest BCUT2D eigenvalue weighted by Gasteiger charge is -2.38. The van der Waals surface area contributed by atoms with E-state index in [1.54, 1.807) is 0 Å². The van der Waals surface area contributed by atoms with Crippen LogP contribution in [0.25, 0.3) is 0 Å². The molecule has 1 heterocycles. The second kappa shape index (κ2) is 6.89. The van der Waals surface area contributed by atoms with Crippen molar-refractivity contribution in [1.29, 1.82) is 0 Å². The smallest absolute Gasteiger partial charge is 0.223 e. The van der Waals surface area contributed by atoms with Gasteiger partial charge in [-0.25, -0.2) is 0 Å². The Labute approximate surface area is 122 Å². The third-order valence-electron chi connectivity index (χ3n) is 4.35. The molecule has 0 bridgehead atoms. The summed E-state index contributed by atoms with van der Waals surface area (Å²) in [6, 6.07) is 8.59. The summed E-state index contributed by atoms with van der Waals surface area (Å²) in [6.45, 7) is 4.99. The highest BCUT2D eigenvalue weighted by molar-refractivity contribution is 5.77. The van der Waals surface area contributed by atoms with Crippen LogP contribution in [0.2, 0.25) is 0 Å². The van der Waals surface area contributed by atoms with Gasteiger partial charge in [0.15, 0.2) is 0 Å². The van der Waals surface area contributed by atoms with Gasteiger partial charge in [-0.3, -0.25) is 4.79 Å². The van der Waals surface area contributed by atoms with E-state index < -0.39 is 0 Å². The molecule has 1 aromatic carbocycles. The molecule has 110 valence electrons. The largest absolute Gasteiger partial charge is 0.338 e. The Kier molecular flexibility index (Phi) is 5.18. The minimum atomic E-state index is 0.0673. The average molecular weight is 274 g/mol. The van der Waals surface area contributed by atoms with Crippen molar-refractivity contribution >= 4 is 5.91 Å². The molecule has 3 heteroatoms. The molecule has 2 atom stereocenters. The van der Waals surface area contributed by atoms with E-state index in [0.717, 1.165) is 25.8 Å². The minimum Gasteiger partial charge on any atom is -0.338 e. The zero-order valence-corrected chi connectivity index (χ0v) is 12.6. The zero-order chi connectivity index (χ0) is 14.5. The molecule has 1 aliphatic rings. The first-order valence-corrected chi connectivity index (χ1v) is 7.69. The van der Waals surface area contributed by atoms with Crippen LogP contribution in [0.15, 0.2) is 24.3 Å². The molecular formula is C17H26N2O. The number of likely N-dealkylation sites (tertiary alicyclic amines) is 1. The molecule has 1 amide bonds. The van der Waals surface area contributed by atoms with Crippen molar-refractivity contribution in [2.45, 2.75) is 58.0 Å². The number of piperidine rings is 1. The first kappa shape index (κ1) is 15.0. The molecule has 1 aromatic rings. The lowest BCUT2D eigenvalue weighted by Crippen LogP contribution is -2.51. The van der Waals surface area contributed by atoms with Crippen LogP contribution >= 0.6 is 0 Å². The summed E-state index contributed by atoms with van der Waals surface area (Å²) in [7, 11) is 0. The van der Waals surface area contributed by atoms with E-state index >= 15 is 0 Å². The second-order valence-corrected chi connectivity index (χ2v) is 5.94. The molecule has 0 aromatic heterocycles. The summed E-state index contributed by atoms with van der Waals surface area (Å²) in [5.74, 6) is 0.259. The molecule has 0 spiro atoms. The van der Waals surface area contributed by atoms with Crippen LogP contribution in [-0.2, 0) is 11.2 Å². The maximum atomic E-state index is 12.5. The van der Waals surface area contributed by atoms with Crippen molar-refractivity contribution < 1.29 is 4.79 Å². The number of carbonyl (C=O) groups excluding carboxylic acids is 1. The van der Waals surface area contributed by atoms with Crippen LogP contribution in [0.4, 0.5) is 0 Å². The van der Waals surface area contributed by atoms with E-state index in [1.165, 1.54) is 17.5 Å². The van der Waals surface area contributed by atoms with Crippen molar-refractivity contribution in [3.05, 3.63) is 35.4 Å². The van der Waals surface area contributed by atoms with Gasteiger partial charge >= 0.3 is 0 Å². The van der Waals surface area contributed by atoms with E-state index in [4.69, 9.17) is 5.73 Å². The fourth-order valence-corrected chi connectivity index (χ4v) is 3.09. The molecule has 20 heavy (non-hydrogen) atoms. The fraction of sp³-hybridized carbons (Fsp3) is 0.588. The van der Waals surface area contributed by atoms with E-state index in [9.17, 15) is 4.79 Å². The minimum absolute atomic E-state index is 0.0673. The average Bonchev–Trinajstić information content (AvgIpc) is 2.46. The topological polar surface area (TPSA) is 46.3 Å². The Morgan fingerprint density at radius 3 is 2.85 bits per heavy atom. The Morgan fingerprint density at radius 2 is 2.15 bits per heavy atom. The monoisotopic (exact) mass is 274 g/mol. The van der Waals surface area contributed by atoms with Gasteiger partial charge in [0.25, 0.3) is 0 Å². The first-order valence-electron chi connectivity index (χ1n) is 7.69. The molecule has 1 fully saturated rings. The third kappa shape index (κ3) is 3.60. The molecule has 0 radical (unpaired) electrons. The number of amides is 1. The Morgan fingerprint density at radius 1 is 1.40 bits per heavy atom. The molecule has 3 nitrogen and oxygen atoms in total. The van der Waals surface area contributed by atoms with Crippen molar-refractivity contribution in [2.75, 3.05) is 6.54 Å². The van der Waals surface area contributed by atoms with Crippen molar-refractivity contribution in [1.82, 2.24) is 4.90 Å². The predicted molar refractivity (Wildman–Crippen MR) is 82.5 cm³/mol. The second-order valence-electron chi connectivity index (χ2n) is 5.94. The normalized spacial score (nSPS) is 20.8. The highest BCUT2D eigenvalue weighted by atomic mass is 16.2. The molecule has 2 unspecified atom stereocenters. The fourth-order valence-electron chi connectivity index (χ4n) is 3.09. The van der Waals surface area contributed by atoms with Gasteiger partial charge in [0.2, 0.25) is 5.91 Å². The van der Waals surface area contributed by atoms with Crippen molar-refractivity contribution in [2.24, 2.45) is 5.73 Å². The number of aryl methyl sites for hydroxylation is 2. The first-order chi connectivity index (χ1) is 9.59. The van der Waals surface area contributed by atoms with Gasteiger partial charge in [0, 0.05) is 25.0 Å². The van der Waals surface area contributed by atoms with Crippen LogP contribution in [0.3, 0.4) is 0 Å². The van der Waals surface area contributed by atoms with Crippen LogP contribution in [0, 0.1) is 6.92 Å². The zero-order valence-electron chi connectivity index (χ0n) is 12.6. The van der Waals surface area contributed by atoms with Crippen molar-refractivity contribution in [3.8, 4) is 0 Å². The Balaban J connectivity index is 1.95. The lowest BCUT2D eigenvalue weighted by atomic mass is 9.96. The number of nitrogens with zero attached hydrogens (tertiary/aromatic N) is 1. The third-order valence-corrected chi connectivity index (χ3v) is 4.35. The number of hydrogen-bond donors (Lipinski definition) is 1. The number of carbonyl (C=O) groups is 1. The maximum Gasteiger partial charge on any atom is 0.223 e. The Hall–Kier alpha value is -1.35. The Bertz CT molecular complexity index is 456. The highest BCUT2D eigenvalue weighted by Gasteiger charge is 2.28. The molecule has 0 aliphatic carbocycles. The van der Waals surface area contributed by atoms with Gasteiger partial charge in [-0.2, -0.15) is 0 Å². The van der Waals surface area contributed by atoms with Crippen LogP contribution in [0.5, 0.6) is 0 Å². The highest BCUT2D eigenvalue weighted by Crippen LogP contribution is 2.20. The number of benzene rings is 1. The molecule has 1 aliphatic heterocycles. The molecule has 1 saturated heterocycles. The summed E-state index contributed by atoms with van der Waals surface area (Å²) in [5.41, 5.74) is 8.57. The molecule has 0 saturated carbocycles. The SMILES string of the molecule is Cc1ccccc1CCC(=O)N1CCCCC1C(C)N.